The number of primary amides is 1. The second-order valence-electron chi connectivity index (χ2n) is 4.33. The fourth-order valence-electron chi connectivity index (χ4n) is 1.76. The van der Waals surface area contributed by atoms with E-state index in [1.165, 1.54) is 12.1 Å². The van der Waals surface area contributed by atoms with E-state index in [1.807, 2.05) is 0 Å². The number of benzene rings is 1. The molecule has 4 N–H and O–H groups in total. The molecule has 0 aromatic heterocycles. The molecular formula is C12H15F3N2O2. The van der Waals surface area contributed by atoms with Gasteiger partial charge in [-0.1, -0.05) is 12.1 Å². The summed E-state index contributed by atoms with van der Waals surface area (Å²) >= 11 is 0. The molecular weight excluding hydrogens is 261 g/mol. The Bertz CT molecular complexity index is 463. The smallest absolute Gasteiger partial charge is 0.401 e. The molecule has 1 atom stereocenters. The van der Waals surface area contributed by atoms with Crippen molar-refractivity contribution in [3.63, 3.8) is 0 Å². The van der Waals surface area contributed by atoms with Gasteiger partial charge in [-0.25, -0.2) is 0 Å². The Morgan fingerprint density at radius 2 is 1.84 bits per heavy atom. The number of halogens is 3. The molecule has 1 rings (SSSR count). The second-order valence-corrected chi connectivity index (χ2v) is 4.33. The molecule has 1 unspecified atom stereocenters. The van der Waals surface area contributed by atoms with E-state index in [1.54, 1.807) is 13.8 Å². The van der Waals surface area contributed by atoms with Crippen molar-refractivity contribution in [2.75, 3.05) is 6.54 Å². The summed E-state index contributed by atoms with van der Waals surface area (Å²) in [6.45, 7) is 1.86. The first kappa shape index (κ1) is 15.3. The molecule has 19 heavy (non-hydrogen) atoms. The minimum Gasteiger partial charge on any atom is -0.507 e. The number of nitrogens with one attached hydrogen (secondary N) is 1. The number of amides is 1. The lowest BCUT2D eigenvalue weighted by atomic mass is 10.00. The molecule has 7 heteroatoms. The molecule has 1 aromatic rings. The number of aromatic hydroxyl groups is 1. The van der Waals surface area contributed by atoms with Crippen LogP contribution in [0.5, 0.6) is 5.75 Å². The number of aryl methyl sites for hydroxylation is 2. The fraction of sp³-hybridized carbons (Fsp3) is 0.417. The molecule has 106 valence electrons. The van der Waals surface area contributed by atoms with Gasteiger partial charge in [0.2, 0.25) is 5.91 Å². The Morgan fingerprint density at radius 3 is 2.21 bits per heavy atom. The van der Waals surface area contributed by atoms with Crippen LogP contribution in [0, 0.1) is 13.8 Å². The zero-order chi connectivity index (χ0) is 14.8. The molecule has 0 heterocycles. The average Bonchev–Trinajstić information content (AvgIpc) is 2.23. The molecule has 0 radical (unpaired) electrons. The van der Waals surface area contributed by atoms with Gasteiger partial charge >= 0.3 is 6.18 Å². The van der Waals surface area contributed by atoms with Gasteiger partial charge in [-0.2, -0.15) is 13.2 Å². The second kappa shape index (κ2) is 5.48. The van der Waals surface area contributed by atoms with E-state index in [2.05, 4.69) is 5.32 Å². The Hall–Kier alpha value is -1.76. The van der Waals surface area contributed by atoms with Crippen LogP contribution in [-0.2, 0) is 4.79 Å². The summed E-state index contributed by atoms with van der Waals surface area (Å²) in [6, 6.07) is 1.61. The summed E-state index contributed by atoms with van der Waals surface area (Å²) < 4.78 is 36.5. The highest BCUT2D eigenvalue weighted by Gasteiger charge is 2.30. The van der Waals surface area contributed by atoms with E-state index in [4.69, 9.17) is 5.73 Å². The summed E-state index contributed by atoms with van der Waals surface area (Å²) in [5.41, 5.74) is 6.34. The molecule has 0 saturated carbocycles. The molecule has 4 nitrogen and oxygen atoms in total. The van der Waals surface area contributed by atoms with E-state index >= 15 is 0 Å². The van der Waals surface area contributed by atoms with Gasteiger partial charge in [-0.05, 0) is 30.5 Å². The van der Waals surface area contributed by atoms with Gasteiger partial charge in [0, 0.05) is 0 Å². The van der Waals surface area contributed by atoms with Crippen LogP contribution < -0.4 is 11.1 Å². The summed E-state index contributed by atoms with van der Waals surface area (Å²) in [5.74, 6) is -0.864. The standard InChI is InChI=1S/C12H15F3N2O2/c1-6-3-8(4-7(2)10(6)18)9(11(16)19)17-5-12(13,14)15/h3-4,9,17-18H,5H2,1-2H3,(H2,16,19). The monoisotopic (exact) mass is 276 g/mol. The van der Waals surface area contributed by atoms with Crippen LogP contribution in [0.1, 0.15) is 22.7 Å². The van der Waals surface area contributed by atoms with E-state index in [-0.39, 0.29) is 5.75 Å². The van der Waals surface area contributed by atoms with E-state index in [9.17, 15) is 23.1 Å². The Morgan fingerprint density at radius 1 is 1.37 bits per heavy atom. The first-order valence-electron chi connectivity index (χ1n) is 5.51. The number of carbonyl (C=O) groups excluding carboxylic acids is 1. The van der Waals surface area contributed by atoms with Gasteiger partial charge in [-0.3, -0.25) is 10.1 Å². The van der Waals surface area contributed by atoms with Crippen molar-refractivity contribution in [3.05, 3.63) is 28.8 Å². The van der Waals surface area contributed by atoms with Crippen LogP contribution in [0.2, 0.25) is 0 Å². The molecule has 0 fully saturated rings. The minimum absolute atomic E-state index is 0.0443. The summed E-state index contributed by atoms with van der Waals surface area (Å²) in [5, 5.41) is 11.7. The average molecular weight is 276 g/mol. The van der Waals surface area contributed by atoms with Crippen molar-refractivity contribution in [2.24, 2.45) is 5.73 Å². The molecule has 0 aliphatic heterocycles. The number of hydrogen-bond donors (Lipinski definition) is 3. The Balaban J connectivity index is 3.03. The number of phenols is 1. The maximum atomic E-state index is 12.2. The number of hydrogen-bond acceptors (Lipinski definition) is 3. The fourth-order valence-corrected chi connectivity index (χ4v) is 1.76. The number of carbonyl (C=O) groups is 1. The van der Waals surface area contributed by atoms with Gasteiger partial charge < -0.3 is 10.8 Å². The molecule has 0 aliphatic carbocycles. The third kappa shape index (κ3) is 4.13. The first-order chi connectivity index (χ1) is 8.61. The summed E-state index contributed by atoms with van der Waals surface area (Å²) in [4.78, 5) is 11.3. The molecule has 0 aliphatic rings. The highest BCUT2D eigenvalue weighted by atomic mass is 19.4. The SMILES string of the molecule is Cc1cc(C(NCC(F)(F)F)C(N)=O)cc(C)c1O. The highest BCUT2D eigenvalue weighted by molar-refractivity contribution is 5.81. The first-order valence-corrected chi connectivity index (χ1v) is 5.51. The van der Waals surface area contributed by atoms with Crippen LogP contribution in [-0.4, -0.2) is 23.7 Å². The Labute approximate surface area is 108 Å². The predicted octanol–water partition coefficient (Wildman–Crippen LogP) is 1.69. The van der Waals surface area contributed by atoms with E-state index in [0.717, 1.165) is 0 Å². The van der Waals surface area contributed by atoms with E-state index in [0.29, 0.717) is 16.7 Å². The van der Waals surface area contributed by atoms with Crippen molar-refractivity contribution in [3.8, 4) is 5.75 Å². The van der Waals surface area contributed by atoms with Crippen LogP contribution in [0.25, 0.3) is 0 Å². The molecule has 1 aromatic carbocycles. The zero-order valence-corrected chi connectivity index (χ0v) is 10.5. The maximum Gasteiger partial charge on any atom is 0.401 e. The third-order valence-corrected chi connectivity index (χ3v) is 2.64. The Kier molecular flexibility index (Phi) is 4.41. The van der Waals surface area contributed by atoms with Crippen LogP contribution in [0.4, 0.5) is 13.2 Å². The highest BCUT2D eigenvalue weighted by Crippen LogP contribution is 2.26. The lowest BCUT2D eigenvalue weighted by molar-refractivity contribution is -0.130. The van der Waals surface area contributed by atoms with E-state index < -0.39 is 24.7 Å². The topological polar surface area (TPSA) is 75.3 Å². The van der Waals surface area contributed by atoms with Gasteiger partial charge in [0.05, 0.1) is 6.54 Å². The zero-order valence-electron chi connectivity index (χ0n) is 10.5. The predicted molar refractivity (Wildman–Crippen MR) is 63.6 cm³/mol. The number of rotatable bonds is 4. The molecule has 0 spiro atoms. The largest absolute Gasteiger partial charge is 0.507 e. The van der Waals surface area contributed by atoms with Crippen molar-refractivity contribution in [1.29, 1.82) is 0 Å². The van der Waals surface area contributed by atoms with Crippen molar-refractivity contribution >= 4 is 5.91 Å². The summed E-state index contributed by atoms with van der Waals surface area (Å²) in [7, 11) is 0. The van der Waals surface area contributed by atoms with Crippen molar-refractivity contribution in [1.82, 2.24) is 5.32 Å². The van der Waals surface area contributed by atoms with Crippen LogP contribution in [0.3, 0.4) is 0 Å². The quantitative estimate of drug-likeness (QED) is 0.783. The van der Waals surface area contributed by atoms with Crippen molar-refractivity contribution < 1.29 is 23.1 Å². The third-order valence-electron chi connectivity index (χ3n) is 2.64. The van der Waals surface area contributed by atoms with Gasteiger partial charge in [0.1, 0.15) is 11.8 Å². The minimum atomic E-state index is -4.44. The molecule has 1 amide bonds. The lowest BCUT2D eigenvalue weighted by Crippen LogP contribution is -2.39. The number of nitrogens with two attached hydrogens (primary N) is 1. The van der Waals surface area contributed by atoms with Crippen molar-refractivity contribution in [2.45, 2.75) is 26.1 Å². The van der Waals surface area contributed by atoms with Gasteiger partial charge in [0.15, 0.2) is 0 Å². The normalized spacial score (nSPS) is 13.3. The van der Waals surface area contributed by atoms with Gasteiger partial charge in [0.25, 0.3) is 0 Å². The van der Waals surface area contributed by atoms with Gasteiger partial charge in [-0.15, -0.1) is 0 Å². The number of alkyl halides is 3. The molecule has 0 bridgehead atoms. The maximum absolute atomic E-state index is 12.2. The van der Waals surface area contributed by atoms with Crippen LogP contribution in [0.15, 0.2) is 12.1 Å². The number of phenolic OH excluding ortho intramolecular Hbond substituents is 1. The lowest BCUT2D eigenvalue weighted by Gasteiger charge is -2.18. The molecule has 0 saturated heterocycles. The van der Waals surface area contributed by atoms with Crippen LogP contribution >= 0.6 is 0 Å². The summed E-state index contributed by atoms with van der Waals surface area (Å²) in [6.07, 6.45) is -4.44.